The number of anilines is 1. The summed E-state index contributed by atoms with van der Waals surface area (Å²) in [7, 11) is -0.572. The molecule has 2 fully saturated rings. The zero-order valence-corrected chi connectivity index (χ0v) is 16.7. The van der Waals surface area contributed by atoms with Crippen LogP contribution < -0.4 is 10.2 Å². The Morgan fingerprint density at radius 3 is 2.42 bits per heavy atom. The van der Waals surface area contributed by atoms with Gasteiger partial charge in [-0.2, -0.15) is 0 Å². The van der Waals surface area contributed by atoms with E-state index < -0.39 is 10.0 Å². The van der Waals surface area contributed by atoms with Gasteiger partial charge in [-0.05, 0) is 63.1 Å². The normalized spacial score (nSPS) is 19.5. The van der Waals surface area contributed by atoms with E-state index in [0.717, 1.165) is 44.5 Å². The Morgan fingerprint density at radius 1 is 1.19 bits per heavy atom. The number of rotatable bonds is 6. The summed E-state index contributed by atoms with van der Waals surface area (Å²) < 4.78 is 26.2. The SMILES string of the molecule is C[C@@H](NC(=O)c1cc(S(=O)(=O)N(C)C)ccc1N1CCCCC1)C1CC1. The lowest BCUT2D eigenvalue weighted by atomic mass is 10.1. The van der Waals surface area contributed by atoms with Gasteiger partial charge in [0.05, 0.1) is 10.5 Å². The second-order valence-electron chi connectivity index (χ2n) is 7.61. The molecule has 26 heavy (non-hydrogen) atoms. The lowest BCUT2D eigenvalue weighted by Gasteiger charge is -2.31. The molecule has 1 aliphatic heterocycles. The van der Waals surface area contributed by atoms with Crippen LogP contribution in [0.5, 0.6) is 0 Å². The van der Waals surface area contributed by atoms with Gasteiger partial charge in [-0.3, -0.25) is 4.79 Å². The van der Waals surface area contributed by atoms with Crippen molar-refractivity contribution in [1.82, 2.24) is 9.62 Å². The third-order valence-electron chi connectivity index (χ3n) is 5.38. The maximum absolute atomic E-state index is 13.0. The van der Waals surface area contributed by atoms with Gasteiger partial charge in [0.15, 0.2) is 0 Å². The first kappa shape index (κ1) is 19.2. The van der Waals surface area contributed by atoms with E-state index in [1.165, 1.54) is 30.9 Å². The molecule has 0 unspecified atom stereocenters. The Morgan fingerprint density at radius 2 is 1.85 bits per heavy atom. The van der Waals surface area contributed by atoms with Crippen molar-refractivity contribution in [3.63, 3.8) is 0 Å². The van der Waals surface area contributed by atoms with Crippen LogP contribution in [0.1, 0.15) is 49.4 Å². The van der Waals surface area contributed by atoms with E-state index in [-0.39, 0.29) is 16.8 Å². The average molecular weight is 380 g/mol. The third kappa shape index (κ3) is 4.04. The molecule has 144 valence electrons. The highest BCUT2D eigenvalue weighted by Crippen LogP contribution is 2.33. The number of sulfonamides is 1. The number of nitrogens with zero attached hydrogens (tertiary/aromatic N) is 2. The molecular formula is C19H29N3O3S. The molecule has 1 atom stereocenters. The topological polar surface area (TPSA) is 69.7 Å². The molecule has 0 aromatic heterocycles. The van der Waals surface area contributed by atoms with E-state index in [1.54, 1.807) is 12.1 Å². The van der Waals surface area contributed by atoms with Gasteiger partial charge in [0.25, 0.3) is 5.91 Å². The van der Waals surface area contributed by atoms with Crippen molar-refractivity contribution in [1.29, 1.82) is 0 Å². The van der Waals surface area contributed by atoms with Crippen molar-refractivity contribution in [3.05, 3.63) is 23.8 Å². The van der Waals surface area contributed by atoms with E-state index in [4.69, 9.17) is 0 Å². The van der Waals surface area contributed by atoms with Crippen LogP contribution in [0.3, 0.4) is 0 Å². The molecule has 1 heterocycles. The van der Waals surface area contributed by atoms with Crippen LogP contribution in [0.2, 0.25) is 0 Å². The number of carbonyl (C=O) groups is 1. The largest absolute Gasteiger partial charge is 0.371 e. The zero-order valence-electron chi connectivity index (χ0n) is 15.9. The van der Waals surface area contributed by atoms with Crippen molar-refractivity contribution >= 4 is 21.6 Å². The number of carbonyl (C=O) groups excluding carboxylic acids is 1. The molecule has 1 aromatic rings. The van der Waals surface area contributed by atoms with E-state index in [1.807, 2.05) is 6.92 Å². The van der Waals surface area contributed by atoms with E-state index in [9.17, 15) is 13.2 Å². The summed E-state index contributed by atoms with van der Waals surface area (Å²) in [6, 6.07) is 5.05. The molecule has 6 nitrogen and oxygen atoms in total. The molecule has 1 saturated heterocycles. The van der Waals surface area contributed by atoms with E-state index in [2.05, 4.69) is 10.2 Å². The molecule has 1 aromatic carbocycles. The second-order valence-corrected chi connectivity index (χ2v) is 9.77. The third-order valence-corrected chi connectivity index (χ3v) is 7.19. The van der Waals surface area contributed by atoms with Crippen molar-refractivity contribution < 1.29 is 13.2 Å². The van der Waals surface area contributed by atoms with Gasteiger partial charge < -0.3 is 10.2 Å². The predicted molar refractivity (Wildman–Crippen MR) is 103 cm³/mol. The van der Waals surface area contributed by atoms with Crippen LogP contribution in [0.4, 0.5) is 5.69 Å². The summed E-state index contributed by atoms with van der Waals surface area (Å²) >= 11 is 0. The second kappa shape index (κ2) is 7.56. The fourth-order valence-electron chi connectivity index (χ4n) is 3.48. The van der Waals surface area contributed by atoms with Crippen LogP contribution in [0.15, 0.2) is 23.1 Å². The highest BCUT2D eigenvalue weighted by atomic mass is 32.2. The van der Waals surface area contributed by atoms with Crippen molar-refractivity contribution in [3.8, 4) is 0 Å². The summed E-state index contributed by atoms with van der Waals surface area (Å²) in [6.45, 7) is 3.83. The van der Waals surface area contributed by atoms with Gasteiger partial charge in [-0.25, -0.2) is 12.7 Å². The van der Waals surface area contributed by atoms with Gasteiger partial charge in [-0.15, -0.1) is 0 Å². The van der Waals surface area contributed by atoms with Crippen LogP contribution >= 0.6 is 0 Å². The highest BCUT2D eigenvalue weighted by Gasteiger charge is 2.30. The van der Waals surface area contributed by atoms with Gasteiger partial charge in [0.2, 0.25) is 10.0 Å². The monoisotopic (exact) mass is 379 g/mol. The number of hydrogen-bond donors (Lipinski definition) is 1. The van der Waals surface area contributed by atoms with Gasteiger partial charge in [0, 0.05) is 38.9 Å². The fourth-order valence-corrected chi connectivity index (χ4v) is 4.41. The van der Waals surface area contributed by atoms with E-state index >= 15 is 0 Å². The summed E-state index contributed by atoms with van der Waals surface area (Å²) in [5, 5.41) is 3.07. The summed E-state index contributed by atoms with van der Waals surface area (Å²) in [6.07, 6.45) is 5.68. The molecule has 1 N–H and O–H groups in total. The molecule has 1 aliphatic carbocycles. The number of hydrogen-bond acceptors (Lipinski definition) is 4. The van der Waals surface area contributed by atoms with Crippen LogP contribution in [-0.2, 0) is 10.0 Å². The molecule has 1 amide bonds. The molecule has 0 radical (unpaired) electrons. The lowest BCUT2D eigenvalue weighted by Crippen LogP contribution is -2.37. The molecule has 1 saturated carbocycles. The minimum Gasteiger partial charge on any atom is -0.371 e. The number of nitrogens with one attached hydrogen (secondary N) is 1. The molecule has 3 rings (SSSR count). The average Bonchev–Trinajstić information content (AvgIpc) is 3.47. The van der Waals surface area contributed by atoms with Crippen molar-refractivity contribution in [2.75, 3.05) is 32.1 Å². The molecular weight excluding hydrogens is 350 g/mol. The Kier molecular flexibility index (Phi) is 5.58. The summed E-state index contributed by atoms with van der Waals surface area (Å²) in [5.41, 5.74) is 1.30. The molecule has 0 spiro atoms. The first-order chi connectivity index (χ1) is 12.3. The molecule has 2 aliphatic rings. The van der Waals surface area contributed by atoms with Crippen molar-refractivity contribution in [2.45, 2.75) is 50.0 Å². The first-order valence-electron chi connectivity index (χ1n) is 9.43. The van der Waals surface area contributed by atoms with E-state index in [0.29, 0.717) is 11.5 Å². The Bertz CT molecular complexity index is 766. The Balaban J connectivity index is 1.96. The molecule has 7 heteroatoms. The van der Waals surface area contributed by atoms with Gasteiger partial charge >= 0.3 is 0 Å². The lowest BCUT2D eigenvalue weighted by molar-refractivity contribution is 0.0936. The highest BCUT2D eigenvalue weighted by molar-refractivity contribution is 7.89. The summed E-state index contributed by atoms with van der Waals surface area (Å²) in [5.74, 6) is 0.367. The predicted octanol–water partition coefficient (Wildman–Crippen LogP) is 2.46. The standard InChI is InChI=1S/C19H29N3O3S/c1-14(15-7-8-15)20-19(23)17-13-16(26(24,25)21(2)3)9-10-18(17)22-11-5-4-6-12-22/h9-10,13-15H,4-8,11-12H2,1-3H3,(H,20,23)/t14-/m1/s1. The van der Waals surface area contributed by atoms with Crippen molar-refractivity contribution in [2.24, 2.45) is 5.92 Å². The minimum atomic E-state index is -3.58. The Labute approximate surface area is 156 Å². The minimum absolute atomic E-state index is 0.116. The summed E-state index contributed by atoms with van der Waals surface area (Å²) in [4.78, 5) is 15.3. The van der Waals surface area contributed by atoms with Gasteiger partial charge in [-0.1, -0.05) is 0 Å². The number of benzene rings is 1. The maximum Gasteiger partial charge on any atom is 0.253 e. The van der Waals surface area contributed by atoms with Crippen LogP contribution in [0, 0.1) is 5.92 Å². The quantitative estimate of drug-likeness (QED) is 0.824. The Hall–Kier alpha value is -1.60. The number of amides is 1. The number of piperidine rings is 1. The van der Waals surface area contributed by atoms with Crippen LogP contribution in [-0.4, -0.2) is 51.9 Å². The smallest absolute Gasteiger partial charge is 0.253 e. The maximum atomic E-state index is 13.0. The molecule has 0 bridgehead atoms. The van der Waals surface area contributed by atoms with Crippen LogP contribution in [0.25, 0.3) is 0 Å². The first-order valence-corrected chi connectivity index (χ1v) is 10.9. The fraction of sp³-hybridized carbons (Fsp3) is 0.632. The van der Waals surface area contributed by atoms with Gasteiger partial charge in [0.1, 0.15) is 0 Å². The zero-order chi connectivity index (χ0) is 18.9.